The van der Waals surface area contributed by atoms with E-state index in [1.54, 1.807) is 25.4 Å². The van der Waals surface area contributed by atoms with E-state index in [2.05, 4.69) is 10.4 Å². The van der Waals surface area contributed by atoms with E-state index in [4.69, 9.17) is 10.2 Å². The summed E-state index contributed by atoms with van der Waals surface area (Å²) in [7, 11) is 1.70. The van der Waals surface area contributed by atoms with Gasteiger partial charge in [0, 0.05) is 18.6 Å². The molecule has 1 aromatic carbocycles. The molecule has 21 heavy (non-hydrogen) atoms. The van der Waals surface area contributed by atoms with E-state index in [9.17, 15) is 14.4 Å². The number of nitrogens with zero attached hydrogens (tertiary/aromatic N) is 2. The maximum Gasteiger partial charge on any atom is 0.326 e. The van der Waals surface area contributed by atoms with Crippen LogP contribution in [0.2, 0.25) is 0 Å². The van der Waals surface area contributed by atoms with Gasteiger partial charge in [0.05, 0.1) is 17.5 Å². The fourth-order valence-corrected chi connectivity index (χ4v) is 1.97. The summed E-state index contributed by atoms with van der Waals surface area (Å²) >= 11 is 0. The molecule has 8 heteroatoms. The number of fused-ring (bicyclic) bond motifs is 1. The molecular formula is C13H13N3O5. The van der Waals surface area contributed by atoms with Crippen LogP contribution in [0.3, 0.4) is 0 Å². The molecule has 0 aliphatic heterocycles. The number of hydrogen-bond donors (Lipinski definition) is 3. The van der Waals surface area contributed by atoms with Crippen LogP contribution in [0.4, 0.5) is 0 Å². The quantitative estimate of drug-likeness (QED) is 0.725. The van der Waals surface area contributed by atoms with Crippen LogP contribution in [0.5, 0.6) is 0 Å². The monoisotopic (exact) mass is 291 g/mol. The summed E-state index contributed by atoms with van der Waals surface area (Å²) < 4.78 is 1.54. The summed E-state index contributed by atoms with van der Waals surface area (Å²) in [6, 6.07) is 3.39. The van der Waals surface area contributed by atoms with Gasteiger partial charge >= 0.3 is 11.9 Å². The number of carboxylic acids is 2. The summed E-state index contributed by atoms with van der Waals surface area (Å²) in [5, 5.41) is 24.5. The highest BCUT2D eigenvalue weighted by molar-refractivity contribution is 6.07. The number of carboxylic acid groups (broad SMARTS) is 2. The molecule has 1 heterocycles. The van der Waals surface area contributed by atoms with Crippen molar-refractivity contribution in [2.45, 2.75) is 12.5 Å². The van der Waals surface area contributed by atoms with Crippen LogP contribution >= 0.6 is 0 Å². The first-order valence-corrected chi connectivity index (χ1v) is 6.06. The molecule has 3 N–H and O–H groups in total. The second-order valence-electron chi connectivity index (χ2n) is 4.50. The molecule has 1 aromatic heterocycles. The zero-order chi connectivity index (χ0) is 15.6. The van der Waals surface area contributed by atoms with Gasteiger partial charge < -0.3 is 15.5 Å². The van der Waals surface area contributed by atoms with Gasteiger partial charge in [-0.25, -0.2) is 4.79 Å². The van der Waals surface area contributed by atoms with Crippen molar-refractivity contribution < 1.29 is 24.6 Å². The Kier molecular flexibility index (Phi) is 3.88. The summed E-state index contributed by atoms with van der Waals surface area (Å²) in [4.78, 5) is 33.8. The van der Waals surface area contributed by atoms with Gasteiger partial charge in [0.2, 0.25) is 0 Å². The van der Waals surface area contributed by atoms with E-state index < -0.39 is 30.3 Å². The smallest absolute Gasteiger partial charge is 0.326 e. The Hall–Kier alpha value is -2.90. The molecule has 1 amide bonds. The van der Waals surface area contributed by atoms with E-state index in [1.165, 1.54) is 10.7 Å². The van der Waals surface area contributed by atoms with E-state index in [0.717, 1.165) is 0 Å². The number of rotatable bonds is 5. The van der Waals surface area contributed by atoms with Crippen molar-refractivity contribution >= 4 is 28.7 Å². The molecule has 0 bridgehead atoms. The van der Waals surface area contributed by atoms with Gasteiger partial charge in [-0.2, -0.15) is 5.10 Å². The van der Waals surface area contributed by atoms with E-state index in [1.807, 2.05) is 0 Å². The Bertz CT molecular complexity index is 722. The number of hydrogen-bond acceptors (Lipinski definition) is 4. The Labute approximate surface area is 119 Å². The summed E-state index contributed by atoms with van der Waals surface area (Å²) in [6.45, 7) is 0. The molecule has 0 unspecified atom stereocenters. The van der Waals surface area contributed by atoms with Crippen molar-refractivity contribution in [3.8, 4) is 0 Å². The Morgan fingerprint density at radius 3 is 2.67 bits per heavy atom. The topological polar surface area (TPSA) is 122 Å². The minimum atomic E-state index is -1.48. The van der Waals surface area contributed by atoms with Gasteiger partial charge in [-0.05, 0) is 12.1 Å². The molecule has 0 spiro atoms. The average molecular weight is 291 g/mol. The second-order valence-corrected chi connectivity index (χ2v) is 4.50. The Morgan fingerprint density at radius 2 is 2.05 bits per heavy atom. The third-order valence-corrected chi connectivity index (χ3v) is 2.89. The first-order valence-electron chi connectivity index (χ1n) is 6.06. The van der Waals surface area contributed by atoms with Crippen molar-refractivity contribution in [3.63, 3.8) is 0 Å². The zero-order valence-corrected chi connectivity index (χ0v) is 11.1. The largest absolute Gasteiger partial charge is 0.481 e. The van der Waals surface area contributed by atoms with Crippen LogP contribution in [-0.4, -0.2) is 43.9 Å². The number of aryl methyl sites for hydroxylation is 1. The molecule has 0 radical (unpaired) electrons. The molecule has 0 saturated carbocycles. The number of nitrogens with one attached hydrogen (secondary N) is 1. The normalized spacial score (nSPS) is 12.0. The zero-order valence-electron chi connectivity index (χ0n) is 11.1. The average Bonchev–Trinajstić information content (AvgIpc) is 2.76. The van der Waals surface area contributed by atoms with Crippen LogP contribution in [0.15, 0.2) is 24.4 Å². The highest BCUT2D eigenvalue weighted by Gasteiger charge is 2.24. The van der Waals surface area contributed by atoms with Crippen molar-refractivity contribution in [1.82, 2.24) is 15.1 Å². The molecule has 8 nitrogen and oxygen atoms in total. The van der Waals surface area contributed by atoms with E-state index in [-0.39, 0.29) is 5.56 Å². The molecular weight excluding hydrogens is 278 g/mol. The molecule has 0 aliphatic rings. The third kappa shape index (κ3) is 3.16. The first-order chi connectivity index (χ1) is 9.88. The second kappa shape index (κ2) is 5.61. The first kappa shape index (κ1) is 14.5. The highest BCUT2D eigenvalue weighted by atomic mass is 16.4. The molecule has 2 aromatic rings. The third-order valence-electron chi connectivity index (χ3n) is 2.89. The maximum atomic E-state index is 12.2. The molecule has 1 atom stereocenters. The molecule has 0 aliphatic carbocycles. The molecule has 2 rings (SSSR count). The molecule has 0 fully saturated rings. The van der Waals surface area contributed by atoms with Gasteiger partial charge in [-0.1, -0.05) is 6.07 Å². The van der Waals surface area contributed by atoms with Gasteiger partial charge in [0.1, 0.15) is 6.04 Å². The number of carbonyl (C=O) groups excluding carboxylic acids is 1. The van der Waals surface area contributed by atoms with Gasteiger partial charge in [-0.3, -0.25) is 14.3 Å². The minimum absolute atomic E-state index is 0.247. The number of benzene rings is 1. The van der Waals surface area contributed by atoms with Crippen molar-refractivity contribution in [2.24, 2.45) is 7.05 Å². The van der Waals surface area contributed by atoms with Crippen molar-refractivity contribution in [2.75, 3.05) is 0 Å². The van der Waals surface area contributed by atoms with E-state index >= 15 is 0 Å². The highest BCUT2D eigenvalue weighted by Crippen LogP contribution is 2.17. The lowest BCUT2D eigenvalue weighted by Gasteiger charge is -2.12. The van der Waals surface area contributed by atoms with Gasteiger partial charge in [-0.15, -0.1) is 0 Å². The van der Waals surface area contributed by atoms with E-state index in [0.29, 0.717) is 10.9 Å². The van der Waals surface area contributed by atoms with Gasteiger partial charge in [0.15, 0.2) is 0 Å². The minimum Gasteiger partial charge on any atom is -0.481 e. The lowest BCUT2D eigenvalue weighted by atomic mass is 10.1. The van der Waals surface area contributed by atoms with Crippen molar-refractivity contribution in [1.29, 1.82) is 0 Å². The lowest BCUT2D eigenvalue weighted by molar-refractivity contribution is -0.145. The Balaban J connectivity index is 2.29. The Morgan fingerprint density at radius 1 is 1.33 bits per heavy atom. The van der Waals surface area contributed by atoms with Crippen molar-refractivity contribution in [3.05, 3.63) is 30.0 Å². The summed E-state index contributed by atoms with van der Waals surface area (Å²) in [5.41, 5.74) is 0.840. The van der Waals surface area contributed by atoms with Crippen LogP contribution in [-0.2, 0) is 16.6 Å². The molecule has 0 saturated heterocycles. The van der Waals surface area contributed by atoms with Crippen LogP contribution in [0.25, 0.3) is 10.9 Å². The predicted molar refractivity (Wildman–Crippen MR) is 71.9 cm³/mol. The maximum absolute atomic E-state index is 12.2. The fourth-order valence-electron chi connectivity index (χ4n) is 1.97. The standard InChI is InChI=1S/C13H13N3O5/c1-16-6-8-7(3-2-4-9(8)15-16)12(19)14-10(13(20)21)5-11(17)18/h2-4,6,10H,5H2,1H3,(H,14,19)(H,17,18)(H,20,21)/t10-/m0/s1. The SMILES string of the molecule is Cn1cc2c(C(=O)N[C@@H](CC(=O)O)C(=O)O)cccc2n1. The lowest BCUT2D eigenvalue weighted by Crippen LogP contribution is -2.42. The fraction of sp³-hybridized carbons (Fsp3) is 0.231. The molecule has 110 valence electrons. The summed E-state index contributed by atoms with van der Waals surface area (Å²) in [5.74, 6) is -3.35. The predicted octanol–water partition coefficient (Wildman–Crippen LogP) is 0.231. The number of aromatic nitrogens is 2. The van der Waals surface area contributed by atoms with Crippen LogP contribution in [0.1, 0.15) is 16.8 Å². The number of aliphatic carboxylic acids is 2. The number of carbonyl (C=O) groups is 3. The van der Waals surface area contributed by atoms with Gasteiger partial charge in [0.25, 0.3) is 5.91 Å². The van der Waals surface area contributed by atoms with Crippen LogP contribution < -0.4 is 5.32 Å². The summed E-state index contributed by atoms with van der Waals surface area (Å²) in [6.07, 6.45) is 0.946. The van der Waals surface area contributed by atoms with Crippen LogP contribution in [0, 0.1) is 0 Å². The number of amides is 1.